The molecule has 0 N–H and O–H groups in total. The van der Waals surface area contributed by atoms with Gasteiger partial charge in [-0.1, -0.05) is 6.42 Å². The van der Waals surface area contributed by atoms with Crippen LogP contribution in [0.5, 0.6) is 0 Å². The Balaban J connectivity index is 1.52. The fourth-order valence-electron chi connectivity index (χ4n) is 4.04. The average Bonchev–Trinajstić information content (AvgIpc) is 3.31. The molecule has 4 rings (SSSR count). The van der Waals surface area contributed by atoms with Gasteiger partial charge in [0.25, 0.3) is 0 Å². The predicted octanol–water partition coefficient (Wildman–Crippen LogP) is 1.86. The molecule has 2 aliphatic heterocycles. The van der Waals surface area contributed by atoms with Crippen LogP contribution in [0, 0.1) is 17.0 Å². The number of hydrogen-bond donors (Lipinski definition) is 0. The predicted molar refractivity (Wildman–Crippen MR) is 109 cm³/mol. The summed E-state index contributed by atoms with van der Waals surface area (Å²) in [5.74, 6) is -0.252. The Labute approximate surface area is 174 Å². The van der Waals surface area contributed by atoms with Crippen LogP contribution in [0.25, 0.3) is 0 Å². The molecule has 10 nitrogen and oxygen atoms in total. The molecule has 0 unspecified atom stereocenters. The lowest BCUT2D eigenvalue weighted by atomic mass is 10.2. The normalized spacial score (nSPS) is 17.2. The lowest BCUT2D eigenvalue weighted by molar-refractivity contribution is -0.385. The molecular formula is C19H23N5O5S. The topological polar surface area (TPSA) is 119 Å². The Kier molecular flexibility index (Phi) is 5.33. The van der Waals surface area contributed by atoms with E-state index in [9.17, 15) is 23.3 Å². The fraction of sp³-hybridized carbons (Fsp3) is 0.474. The Morgan fingerprint density at radius 2 is 1.93 bits per heavy atom. The van der Waals surface area contributed by atoms with Crippen molar-refractivity contribution in [3.63, 3.8) is 0 Å². The third-order valence-electron chi connectivity index (χ3n) is 5.61. The Hall–Kier alpha value is -2.79. The minimum atomic E-state index is -3.53. The van der Waals surface area contributed by atoms with Gasteiger partial charge in [-0.15, -0.1) is 0 Å². The van der Waals surface area contributed by atoms with Gasteiger partial charge in [-0.2, -0.15) is 9.40 Å². The Bertz CT molecular complexity index is 1100. The number of aromatic nitrogens is 2. The van der Waals surface area contributed by atoms with Crippen LogP contribution in [0.15, 0.2) is 29.3 Å². The number of benzene rings is 1. The first-order valence-corrected chi connectivity index (χ1v) is 11.3. The van der Waals surface area contributed by atoms with Gasteiger partial charge in [-0.3, -0.25) is 19.6 Å². The van der Waals surface area contributed by atoms with Crippen LogP contribution >= 0.6 is 0 Å². The third kappa shape index (κ3) is 3.70. The highest BCUT2D eigenvalue weighted by Gasteiger charge is 2.30. The van der Waals surface area contributed by atoms with E-state index in [0.717, 1.165) is 24.8 Å². The van der Waals surface area contributed by atoms with Gasteiger partial charge >= 0.3 is 5.69 Å². The molecule has 160 valence electrons. The van der Waals surface area contributed by atoms with Crippen LogP contribution in [0.4, 0.5) is 11.4 Å². The van der Waals surface area contributed by atoms with Crippen LogP contribution in [-0.4, -0.2) is 53.0 Å². The zero-order valence-electron chi connectivity index (χ0n) is 16.7. The maximum Gasteiger partial charge on any atom is 0.309 e. The number of carbonyl (C=O) groups excluding carboxylic acids is 1. The van der Waals surface area contributed by atoms with Crippen LogP contribution in [0.2, 0.25) is 0 Å². The van der Waals surface area contributed by atoms with E-state index in [1.807, 2.05) is 0 Å². The number of aryl methyl sites for hydroxylation is 1. The molecule has 2 aromatic rings. The quantitative estimate of drug-likeness (QED) is 0.525. The van der Waals surface area contributed by atoms with E-state index in [-0.39, 0.29) is 28.7 Å². The highest BCUT2D eigenvalue weighted by Crippen LogP contribution is 2.32. The van der Waals surface area contributed by atoms with Crippen molar-refractivity contribution in [2.75, 3.05) is 24.5 Å². The van der Waals surface area contributed by atoms with Crippen LogP contribution in [0.3, 0.4) is 0 Å². The molecular weight excluding hydrogens is 410 g/mol. The Morgan fingerprint density at radius 3 is 2.60 bits per heavy atom. The van der Waals surface area contributed by atoms with E-state index in [4.69, 9.17) is 0 Å². The maximum atomic E-state index is 12.9. The second-order valence-corrected chi connectivity index (χ2v) is 9.54. The minimum Gasteiger partial charge on any atom is -0.310 e. The second-order valence-electron chi connectivity index (χ2n) is 7.61. The molecule has 0 aliphatic carbocycles. The van der Waals surface area contributed by atoms with Gasteiger partial charge in [-0.05, 0) is 49.9 Å². The van der Waals surface area contributed by atoms with E-state index in [1.165, 1.54) is 22.1 Å². The number of hydrogen-bond acceptors (Lipinski definition) is 6. The highest BCUT2D eigenvalue weighted by molar-refractivity contribution is 7.89. The first-order chi connectivity index (χ1) is 14.3. The fourth-order valence-corrected chi connectivity index (χ4v) is 5.61. The van der Waals surface area contributed by atoms with Gasteiger partial charge < -0.3 is 4.90 Å². The van der Waals surface area contributed by atoms with Gasteiger partial charge in [0.05, 0.1) is 9.82 Å². The standard InChI is InChI=1S/C19H23N5O5S/c1-14-18(24(26)27)12-21(20-14)13-19(25)23-10-7-15-11-16(5-6-17(15)23)30(28,29)22-8-3-2-4-9-22/h5-6,11-12H,2-4,7-10,13H2,1H3. The molecule has 11 heteroatoms. The summed E-state index contributed by atoms with van der Waals surface area (Å²) < 4.78 is 28.6. The average molecular weight is 433 g/mol. The molecule has 3 heterocycles. The highest BCUT2D eigenvalue weighted by atomic mass is 32.2. The summed E-state index contributed by atoms with van der Waals surface area (Å²) in [5.41, 5.74) is 1.61. The maximum absolute atomic E-state index is 12.9. The van der Waals surface area contributed by atoms with Crippen molar-refractivity contribution in [2.24, 2.45) is 0 Å². The number of nitrogens with zero attached hydrogens (tertiary/aromatic N) is 5. The molecule has 1 fully saturated rings. The summed E-state index contributed by atoms with van der Waals surface area (Å²) in [7, 11) is -3.53. The number of rotatable bonds is 5. The minimum absolute atomic E-state index is 0.123. The van der Waals surface area contributed by atoms with E-state index < -0.39 is 14.9 Å². The molecule has 0 atom stereocenters. The number of fused-ring (bicyclic) bond motifs is 1. The van der Waals surface area contributed by atoms with Crippen LogP contribution in [-0.2, 0) is 27.8 Å². The van der Waals surface area contributed by atoms with Crippen molar-refractivity contribution in [1.29, 1.82) is 0 Å². The lowest BCUT2D eigenvalue weighted by Gasteiger charge is -2.26. The summed E-state index contributed by atoms with van der Waals surface area (Å²) in [4.78, 5) is 25.0. The lowest BCUT2D eigenvalue weighted by Crippen LogP contribution is -2.35. The van der Waals surface area contributed by atoms with Gasteiger partial charge in [-0.25, -0.2) is 8.42 Å². The number of amides is 1. The Morgan fingerprint density at radius 1 is 1.20 bits per heavy atom. The van der Waals surface area contributed by atoms with Gasteiger partial charge in [0.15, 0.2) is 0 Å². The second kappa shape index (κ2) is 7.80. The molecule has 1 aromatic carbocycles. The molecule has 1 amide bonds. The van der Waals surface area contributed by atoms with Crippen molar-refractivity contribution >= 4 is 27.3 Å². The number of nitro groups is 1. The first kappa shape index (κ1) is 20.5. The summed E-state index contributed by atoms with van der Waals surface area (Å²) in [6.07, 6.45) is 4.60. The van der Waals surface area contributed by atoms with Crippen molar-refractivity contribution in [2.45, 2.75) is 44.0 Å². The zero-order chi connectivity index (χ0) is 21.5. The third-order valence-corrected chi connectivity index (χ3v) is 7.51. The van der Waals surface area contributed by atoms with Crippen molar-refractivity contribution in [3.8, 4) is 0 Å². The van der Waals surface area contributed by atoms with Crippen molar-refractivity contribution in [3.05, 3.63) is 45.8 Å². The van der Waals surface area contributed by atoms with Crippen molar-refractivity contribution < 1.29 is 18.1 Å². The number of piperidine rings is 1. The number of anilines is 1. The van der Waals surface area contributed by atoms with Gasteiger partial charge in [0.2, 0.25) is 15.9 Å². The van der Waals surface area contributed by atoms with Crippen LogP contribution in [0.1, 0.15) is 30.5 Å². The zero-order valence-corrected chi connectivity index (χ0v) is 17.5. The molecule has 0 bridgehead atoms. The molecule has 0 saturated carbocycles. The van der Waals surface area contributed by atoms with Gasteiger partial charge in [0, 0.05) is 25.3 Å². The summed E-state index contributed by atoms with van der Waals surface area (Å²) >= 11 is 0. The SMILES string of the molecule is Cc1nn(CC(=O)N2CCc3cc(S(=O)(=O)N4CCCCC4)ccc32)cc1[N+](=O)[O-]. The molecule has 30 heavy (non-hydrogen) atoms. The van der Waals surface area contributed by atoms with Crippen molar-refractivity contribution in [1.82, 2.24) is 14.1 Å². The van der Waals surface area contributed by atoms with E-state index in [2.05, 4.69) is 5.10 Å². The summed E-state index contributed by atoms with van der Waals surface area (Å²) in [6.45, 7) is 2.92. The smallest absolute Gasteiger partial charge is 0.309 e. The molecule has 1 aromatic heterocycles. The molecule has 0 radical (unpaired) electrons. The van der Waals surface area contributed by atoms with E-state index in [1.54, 1.807) is 23.1 Å². The summed E-state index contributed by atoms with van der Waals surface area (Å²) in [6, 6.07) is 4.89. The first-order valence-electron chi connectivity index (χ1n) is 9.89. The van der Waals surface area contributed by atoms with E-state index in [0.29, 0.717) is 31.7 Å². The van der Waals surface area contributed by atoms with Crippen LogP contribution < -0.4 is 4.90 Å². The summed E-state index contributed by atoms with van der Waals surface area (Å²) in [5, 5.41) is 15.0. The molecule has 2 aliphatic rings. The molecule has 1 saturated heterocycles. The van der Waals surface area contributed by atoms with Gasteiger partial charge in [0.1, 0.15) is 18.4 Å². The van der Waals surface area contributed by atoms with E-state index >= 15 is 0 Å². The number of carbonyl (C=O) groups is 1. The monoisotopic (exact) mass is 433 g/mol. The number of sulfonamides is 1. The largest absolute Gasteiger partial charge is 0.310 e. The molecule has 0 spiro atoms.